The molecule has 0 aliphatic heterocycles. The lowest BCUT2D eigenvalue weighted by Crippen LogP contribution is -2.18. The van der Waals surface area contributed by atoms with Crippen LogP contribution in [0, 0.1) is 6.92 Å². The lowest BCUT2D eigenvalue weighted by Gasteiger charge is -2.09. The van der Waals surface area contributed by atoms with Crippen LogP contribution in [0.15, 0.2) is 69.8 Å². The van der Waals surface area contributed by atoms with Gasteiger partial charge in [-0.25, -0.2) is 18.5 Å². The number of thiocarbonyl (C=S) groups is 1. The highest BCUT2D eigenvalue weighted by Gasteiger charge is 2.13. The second-order valence-corrected chi connectivity index (χ2v) is 7.97. The second-order valence-electron chi connectivity index (χ2n) is 6.03. The standard InChI is InChI=1S/C19H20N4O4S2/c1-12-5-3-4-6-17(12)23-18(25)16(13(2)24)11-21-19(28)22-14-7-9-15(10-8-14)29(20,26)27/h3-11,24H,1-2H3,(H,22,28)(H,23,25)(H2,20,26,27). The number of anilines is 2. The molecule has 2 aromatic rings. The summed E-state index contributed by atoms with van der Waals surface area (Å²) < 4.78 is 22.5. The number of hydrogen-bond acceptors (Lipinski definition) is 5. The van der Waals surface area contributed by atoms with Gasteiger partial charge >= 0.3 is 0 Å². The Kier molecular flexibility index (Phi) is 7.21. The minimum Gasteiger partial charge on any atom is -0.512 e. The minimum atomic E-state index is -3.79. The van der Waals surface area contributed by atoms with Gasteiger partial charge in [0.2, 0.25) is 10.0 Å². The normalized spacial score (nSPS) is 12.4. The summed E-state index contributed by atoms with van der Waals surface area (Å²) in [4.78, 5) is 16.4. The van der Waals surface area contributed by atoms with Crippen LogP contribution in [0.1, 0.15) is 12.5 Å². The molecule has 0 bridgehead atoms. The molecule has 0 aromatic heterocycles. The van der Waals surface area contributed by atoms with Crippen molar-refractivity contribution in [2.24, 2.45) is 10.1 Å². The summed E-state index contributed by atoms with van der Waals surface area (Å²) in [5.74, 6) is -0.761. The maximum atomic E-state index is 12.5. The molecular weight excluding hydrogens is 412 g/mol. The highest BCUT2D eigenvalue weighted by Crippen LogP contribution is 2.15. The Hall–Kier alpha value is -3.08. The molecule has 2 aromatic carbocycles. The Labute approximate surface area is 174 Å². The first-order chi connectivity index (χ1) is 13.6. The predicted molar refractivity (Wildman–Crippen MR) is 118 cm³/mol. The number of aliphatic imine (C=N–C) groups is 1. The van der Waals surface area contributed by atoms with Crippen LogP contribution in [0.4, 0.5) is 11.4 Å². The Bertz CT molecular complexity index is 1090. The van der Waals surface area contributed by atoms with E-state index < -0.39 is 15.9 Å². The first kappa shape index (κ1) is 22.2. The first-order valence-electron chi connectivity index (χ1n) is 8.32. The molecule has 0 atom stereocenters. The van der Waals surface area contributed by atoms with E-state index in [1.54, 1.807) is 12.1 Å². The molecule has 0 fully saturated rings. The van der Waals surface area contributed by atoms with Gasteiger partial charge in [0.1, 0.15) is 5.76 Å². The van der Waals surface area contributed by atoms with E-state index in [2.05, 4.69) is 15.6 Å². The highest BCUT2D eigenvalue weighted by atomic mass is 32.2. The average Bonchev–Trinajstić information content (AvgIpc) is 2.63. The monoisotopic (exact) mass is 432 g/mol. The van der Waals surface area contributed by atoms with E-state index in [0.29, 0.717) is 11.4 Å². The van der Waals surface area contributed by atoms with E-state index in [4.69, 9.17) is 17.4 Å². The van der Waals surface area contributed by atoms with Gasteiger partial charge in [-0.2, -0.15) is 0 Å². The van der Waals surface area contributed by atoms with Crippen molar-refractivity contribution in [3.8, 4) is 0 Å². The molecule has 0 heterocycles. The Morgan fingerprint density at radius 1 is 1.14 bits per heavy atom. The van der Waals surface area contributed by atoms with Gasteiger partial charge in [-0.05, 0) is 62.0 Å². The van der Waals surface area contributed by atoms with Crippen LogP contribution in [0.3, 0.4) is 0 Å². The Morgan fingerprint density at radius 2 is 1.76 bits per heavy atom. The fraction of sp³-hybridized carbons (Fsp3) is 0.105. The van der Waals surface area contributed by atoms with Crippen molar-refractivity contribution in [3.05, 3.63) is 65.4 Å². The van der Waals surface area contributed by atoms with E-state index in [0.717, 1.165) is 11.8 Å². The summed E-state index contributed by atoms with van der Waals surface area (Å²) in [6.45, 7) is 3.21. The van der Waals surface area contributed by atoms with Crippen molar-refractivity contribution in [2.75, 3.05) is 10.6 Å². The van der Waals surface area contributed by atoms with Gasteiger partial charge in [-0.15, -0.1) is 0 Å². The number of primary sulfonamides is 1. The quantitative estimate of drug-likeness (QED) is 0.248. The van der Waals surface area contributed by atoms with Gasteiger partial charge in [-0.1, -0.05) is 18.2 Å². The lowest BCUT2D eigenvalue weighted by molar-refractivity contribution is -0.112. The van der Waals surface area contributed by atoms with Gasteiger partial charge in [0, 0.05) is 17.6 Å². The smallest absolute Gasteiger partial charge is 0.260 e. The number of nitrogens with zero attached hydrogens (tertiary/aromatic N) is 1. The van der Waals surface area contributed by atoms with Crippen molar-refractivity contribution in [2.45, 2.75) is 18.7 Å². The molecule has 10 heteroatoms. The number of amides is 1. The van der Waals surface area contributed by atoms with Crippen molar-refractivity contribution in [1.82, 2.24) is 0 Å². The molecule has 29 heavy (non-hydrogen) atoms. The van der Waals surface area contributed by atoms with Crippen LogP contribution in [-0.2, 0) is 14.8 Å². The number of sulfonamides is 1. The second kappa shape index (κ2) is 9.41. The molecule has 0 saturated heterocycles. The van der Waals surface area contributed by atoms with Gasteiger partial charge in [0.05, 0.1) is 10.5 Å². The van der Waals surface area contributed by atoms with Gasteiger partial charge < -0.3 is 15.7 Å². The first-order valence-corrected chi connectivity index (χ1v) is 10.3. The highest BCUT2D eigenvalue weighted by molar-refractivity contribution is 7.89. The molecule has 0 unspecified atom stereocenters. The molecule has 0 aliphatic carbocycles. The number of allylic oxidation sites excluding steroid dienone is 1. The fourth-order valence-electron chi connectivity index (χ4n) is 2.23. The number of para-hydroxylation sites is 1. The molecule has 1 amide bonds. The number of carbonyl (C=O) groups is 1. The summed E-state index contributed by atoms with van der Waals surface area (Å²) in [6, 6.07) is 12.8. The number of aliphatic hydroxyl groups is 1. The maximum Gasteiger partial charge on any atom is 0.260 e. The van der Waals surface area contributed by atoms with Crippen molar-refractivity contribution in [1.29, 1.82) is 0 Å². The molecule has 5 N–H and O–H groups in total. The number of aryl methyl sites for hydroxylation is 1. The van der Waals surface area contributed by atoms with Gasteiger partial charge in [0.15, 0.2) is 5.11 Å². The number of aliphatic hydroxyl groups excluding tert-OH is 1. The molecule has 0 radical (unpaired) electrons. The molecule has 0 saturated carbocycles. The van der Waals surface area contributed by atoms with Crippen LogP contribution in [0.25, 0.3) is 0 Å². The zero-order chi connectivity index (χ0) is 21.6. The predicted octanol–water partition coefficient (Wildman–Crippen LogP) is 2.88. The van der Waals surface area contributed by atoms with Crippen LogP contribution in [0.2, 0.25) is 0 Å². The number of rotatable bonds is 5. The zero-order valence-electron chi connectivity index (χ0n) is 15.7. The molecular formula is C19H20N4O4S2. The lowest BCUT2D eigenvalue weighted by atomic mass is 10.2. The summed E-state index contributed by atoms with van der Waals surface area (Å²) in [7, 11) is -3.79. The van der Waals surface area contributed by atoms with Crippen LogP contribution in [0.5, 0.6) is 0 Å². The third-order valence-electron chi connectivity index (χ3n) is 3.77. The molecule has 152 valence electrons. The van der Waals surface area contributed by atoms with Crippen molar-refractivity contribution in [3.63, 3.8) is 0 Å². The average molecular weight is 433 g/mol. The van der Waals surface area contributed by atoms with E-state index in [1.165, 1.54) is 31.2 Å². The maximum absolute atomic E-state index is 12.5. The van der Waals surface area contributed by atoms with E-state index >= 15 is 0 Å². The van der Waals surface area contributed by atoms with Crippen LogP contribution < -0.4 is 15.8 Å². The number of hydrogen-bond donors (Lipinski definition) is 4. The Balaban J connectivity index is 2.08. The summed E-state index contributed by atoms with van der Waals surface area (Å²) in [5, 5.41) is 20.4. The fourth-order valence-corrected chi connectivity index (χ4v) is 2.91. The van der Waals surface area contributed by atoms with Crippen LogP contribution >= 0.6 is 12.2 Å². The third-order valence-corrected chi connectivity index (χ3v) is 4.91. The number of nitrogens with one attached hydrogen (secondary N) is 2. The van der Waals surface area contributed by atoms with E-state index in [9.17, 15) is 18.3 Å². The molecule has 0 aliphatic rings. The van der Waals surface area contributed by atoms with Gasteiger partial charge in [0.25, 0.3) is 5.91 Å². The van der Waals surface area contributed by atoms with Crippen molar-refractivity contribution >= 4 is 50.9 Å². The zero-order valence-corrected chi connectivity index (χ0v) is 17.3. The third kappa shape index (κ3) is 6.49. The minimum absolute atomic E-state index is 0.01000. The number of carbonyl (C=O) groups excluding carboxylic acids is 1. The molecule has 0 spiro atoms. The largest absolute Gasteiger partial charge is 0.512 e. The topological polar surface area (TPSA) is 134 Å². The van der Waals surface area contributed by atoms with Crippen molar-refractivity contribution < 1.29 is 18.3 Å². The molecule has 8 nitrogen and oxygen atoms in total. The number of benzene rings is 2. The Morgan fingerprint density at radius 3 is 2.31 bits per heavy atom. The summed E-state index contributed by atoms with van der Waals surface area (Å²) >= 11 is 5.10. The van der Waals surface area contributed by atoms with Gasteiger partial charge in [-0.3, -0.25) is 4.79 Å². The van der Waals surface area contributed by atoms with E-state index in [1.807, 2.05) is 19.1 Å². The number of nitrogens with two attached hydrogens (primary N) is 1. The molecule has 2 rings (SSSR count). The van der Waals surface area contributed by atoms with Crippen LogP contribution in [-0.4, -0.2) is 30.8 Å². The summed E-state index contributed by atoms with van der Waals surface area (Å²) in [5.41, 5.74) is 1.91. The van der Waals surface area contributed by atoms with E-state index in [-0.39, 0.29) is 21.3 Å². The summed E-state index contributed by atoms with van der Waals surface area (Å²) in [6.07, 6.45) is 1.15. The SMILES string of the molecule is CC(O)=C(C=NC(=S)Nc1ccc(S(N)(=O)=O)cc1)C(=O)Nc1ccccc1C.